The number of benzene rings is 1. The van der Waals surface area contributed by atoms with E-state index in [0.717, 1.165) is 13.1 Å². The zero-order valence-corrected chi connectivity index (χ0v) is 12.6. The number of rotatable bonds is 6. The molecule has 0 atom stereocenters. The monoisotopic (exact) mass is 321 g/mol. The molecule has 1 rings (SSSR count). The maximum Gasteiger partial charge on any atom is 0.318 e. The Kier molecular flexibility index (Phi) is 4.90. The van der Waals surface area contributed by atoms with Gasteiger partial charge in [0.2, 0.25) is 10.0 Å². The van der Waals surface area contributed by atoms with Crippen molar-refractivity contribution in [3.63, 3.8) is 0 Å². The number of carbonyl (C=O) groups is 1. The van der Waals surface area contributed by atoms with E-state index in [-0.39, 0.29) is 15.5 Å². The first-order valence-electron chi connectivity index (χ1n) is 5.62. The quantitative estimate of drug-likeness (QED) is 0.801. The third kappa shape index (κ3) is 3.56. The molecule has 0 aliphatic carbocycles. The molecule has 0 saturated heterocycles. The summed E-state index contributed by atoms with van der Waals surface area (Å²) in [6.07, 6.45) is 0. The van der Waals surface area contributed by atoms with Gasteiger partial charge in [0.1, 0.15) is 6.54 Å². The van der Waals surface area contributed by atoms with Gasteiger partial charge in [-0.1, -0.05) is 13.0 Å². The van der Waals surface area contributed by atoms with E-state index in [0.29, 0.717) is 4.31 Å². The Morgan fingerprint density at radius 2 is 1.75 bits per heavy atom. The fraction of sp³-hybridized carbons (Fsp3) is 0.364. The minimum Gasteiger partial charge on any atom is -0.480 e. The Balaban J connectivity index is 3.28. The normalized spacial score (nSPS) is 12.6. The maximum atomic E-state index is 12.1. The molecule has 0 unspecified atom stereocenters. The van der Waals surface area contributed by atoms with Crippen LogP contribution in [0.2, 0.25) is 0 Å². The molecule has 112 valence electrons. The summed E-state index contributed by atoms with van der Waals surface area (Å²) < 4.78 is 48.3. The van der Waals surface area contributed by atoms with Gasteiger partial charge in [-0.3, -0.25) is 4.79 Å². The summed E-state index contributed by atoms with van der Waals surface area (Å²) in [7, 11) is -6.45. The lowest BCUT2D eigenvalue weighted by Crippen LogP contribution is -2.32. The predicted molar refractivity (Wildman–Crippen MR) is 71.6 cm³/mol. The van der Waals surface area contributed by atoms with E-state index in [1.807, 2.05) is 0 Å². The molecule has 0 heterocycles. The van der Waals surface area contributed by atoms with Gasteiger partial charge in [-0.2, -0.15) is 4.31 Å². The standard InChI is InChI=1S/C11H15NO6S2/c1-3-19(15,16)9-5-4-6-10(7-9)20(17,18)12(2)8-11(13)14/h4-7H,3,8H2,1-2H3,(H,13,14). The van der Waals surface area contributed by atoms with Crippen molar-refractivity contribution in [1.82, 2.24) is 4.31 Å². The predicted octanol–water partition coefficient (Wildman–Crippen LogP) is 0.185. The van der Waals surface area contributed by atoms with Crippen LogP contribution in [0.15, 0.2) is 34.1 Å². The van der Waals surface area contributed by atoms with Crippen molar-refractivity contribution < 1.29 is 26.7 Å². The zero-order valence-electron chi connectivity index (χ0n) is 11.0. The van der Waals surface area contributed by atoms with Gasteiger partial charge in [-0.25, -0.2) is 16.8 Å². The first-order valence-corrected chi connectivity index (χ1v) is 8.71. The number of likely N-dealkylation sites (N-methyl/N-ethyl adjacent to an activating group) is 1. The summed E-state index contributed by atoms with van der Waals surface area (Å²) in [5, 5.41) is 8.61. The highest BCUT2D eigenvalue weighted by molar-refractivity contribution is 7.91. The number of carboxylic acids is 1. The molecule has 0 bridgehead atoms. The fourth-order valence-electron chi connectivity index (χ4n) is 1.45. The van der Waals surface area contributed by atoms with E-state index < -0.39 is 32.4 Å². The third-order valence-electron chi connectivity index (χ3n) is 2.61. The lowest BCUT2D eigenvalue weighted by atomic mass is 10.4. The maximum absolute atomic E-state index is 12.1. The highest BCUT2D eigenvalue weighted by Crippen LogP contribution is 2.19. The van der Waals surface area contributed by atoms with Crippen molar-refractivity contribution in [3.8, 4) is 0 Å². The average Bonchev–Trinajstić information content (AvgIpc) is 2.38. The Morgan fingerprint density at radius 3 is 2.25 bits per heavy atom. The van der Waals surface area contributed by atoms with E-state index in [2.05, 4.69) is 0 Å². The van der Waals surface area contributed by atoms with E-state index in [1.54, 1.807) is 0 Å². The molecule has 0 fully saturated rings. The van der Waals surface area contributed by atoms with E-state index in [4.69, 9.17) is 5.11 Å². The molecule has 0 aromatic heterocycles. The van der Waals surface area contributed by atoms with Gasteiger partial charge < -0.3 is 5.11 Å². The lowest BCUT2D eigenvalue weighted by Gasteiger charge is -2.15. The van der Waals surface area contributed by atoms with Gasteiger partial charge >= 0.3 is 5.97 Å². The van der Waals surface area contributed by atoms with Crippen LogP contribution in [0.3, 0.4) is 0 Å². The Labute approximate surface area is 117 Å². The molecule has 7 nitrogen and oxygen atoms in total. The van der Waals surface area contributed by atoms with Crippen molar-refractivity contribution in [2.45, 2.75) is 16.7 Å². The van der Waals surface area contributed by atoms with E-state index >= 15 is 0 Å². The van der Waals surface area contributed by atoms with Gasteiger partial charge in [-0.15, -0.1) is 0 Å². The molecule has 0 radical (unpaired) electrons. The van der Waals surface area contributed by atoms with Crippen molar-refractivity contribution in [3.05, 3.63) is 24.3 Å². The van der Waals surface area contributed by atoms with Crippen LogP contribution in [0.25, 0.3) is 0 Å². The fourth-order valence-corrected chi connectivity index (χ4v) is 3.62. The van der Waals surface area contributed by atoms with Crippen LogP contribution < -0.4 is 0 Å². The van der Waals surface area contributed by atoms with Crippen LogP contribution in [0.5, 0.6) is 0 Å². The molecule has 0 aliphatic heterocycles. The third-order valence-corrected chi connectivity index (χ3v) is 6.14. The molecule has 1 aromatic rings. The molecular weight excluding hydrogens is 306 g/mol. The first-order chi connectivity index (χ1) is 9.11. The number of carboxylic acid groups (broad SMARTS) is 1. The van der Waals surface area contributed by atoms with Gasteiger partial charge in [0, 0.05) is 7.05 Å². The molecule has 0 aliphatic rings. The van der Waals surface area contributed by atoms with Crippen molar-refractivity contribution in [2.24, 2.45) is 0 Å². The second-order valence-corrected chi connectivity index (χ2v) is 8.36. The lowest BCUT2D eigenvalue weighted by molar-refractivity contribution is -0.137. The number of hydrogen-bond acceptors (Lipinski definition) is 5. The van der Waals surface area contributed by atoms with Gasteiger partial charge in [0.05, 0.1) is 15.5 Å². The minimum absolute atomic E-state index is 0.107. The van der Waals surface area contributed by atoms with Gasteiger partial charge in [-0.05, 0) is 18.2 Å². The Bertz CT molecular complexity index is 708. The summed E-state index contributed by atoms with van der Waals surface area (Å²) in [5.41, 5.74) is 0. The highest BCUT2D eigenvalue weighted by Gasteiger charge is 2.24. The largest absolute Gasteiger partial charge is 0.480 e. The zero-order chi connectivity index (χ0) is 15.6. The molecule has 0 spiro atoms. The van der Waals surface area contributed by atoms with Crippen molar-refractivity contribution in [1.29, 1.82) is 0 Å². The molecule has 0 saturated carbocycles. The second-order valence-electron chi connectivity index (χ2n) is 4.03. The Morgan fingerprint density at radius 1 is 1.20 bits per heavy atom. The topological polar surface area (TPSA) is 109 Å². The van der Waals surface area contributed by atoms with Crippen LogP contribution in [0.1, 0.15) is 6.92 Å². The number of nitrogens with zero attached hydrogens (tertiary/aromatic N) is 1. The van der Waals surface area contributed by atoms with E-state index in [9.17, 15) is 21.6 Å². The van der Waals surface area contributed by atoms with Crippen molar-refractivity contribution in [2.75, 3.05) is 19.3 Å². The Hall–Kier alpha value is -1.45. The summed E-state index contributed by atoms with van der Waals surface area (Å²) >= 11 is 0. The number of hydrogen-bond donors (Lipinski definition) is 1. The van der Waals surface area contributed by atoms with Gasteiger partial charge in [0.15, 0.2) is 9.84 Å². The van der Waals surface area contributed by atoms with Crippen LogP contribution in [-0.2, 0) is 24.7 Å². The second kappa shape index (κ2) is 5.90. The molecule has 1 N–H and O–H groups in total. The summed E-state index contributed by atoms with van der Waals surface area (Å²) in [5.74, 6) is -1.45. The number of sulfonamides is 1. The molecule has 9 heteroatoms. The van der Waals surface area contributed by atoms with Gasteiger partial charge in [0.25, 0.3) is 0 Å². The summed E-state index contributed by atoms with van der Waals surface area (Å²) in [4.78, 5) is 10.2. The average molecular weight is 321 g/mol. The van der Waals surface area contributed by atoms with E-state index in [1.165, 1.54) is 25.1 Å². The first kappa shape index (κ1) is 16.6. The molecule has 0 amide bonds. The number of sulfone groups is 1. The molecular formula is C11H15NO6S2. The minimum atomic E-state index is -4.04. The molecule has 1 aromatic carbocycles. The molecule has 20 heavy (non-hydrogen) atoms. The highest BCUT2D eigenvalue weighted by atomic mass is 32.2. The summed E-state index contributed by atoms with van der Waals surface area (Å²) in [6.45, 7) is 0.750. The smallest absolute Gasteiger partial charge is 0.318 e. The summed E-state index contributed by atoms with van der Waals surface area (Å²) in [6, 6.07) is 4.87. The van der Waals surface area contributed by atoms with Crippen LogP contribution in [-0.4, -0.2) is 51.6 Å². The van der Waals surface area contributed by atoms with Crippen LogP contribution in [0, 0.1) is 0 Å². The van der Waals surface area contributed by atoms with Crippen molar-refractivity contribution >= 4 is 25.8 Å². The SMILES string of the molecule is CCS(=O)(=O)c1cccc(S(=O)(=O)N(C)CC(=O)O)c1. The van der Waals surface area contributed by atoms with Crippen LogP contribution in [0.4, 0.5) is 0 Å². The number of aliphatic carboxylic acids is 1. The van der Waals surface area contributed by atoms with Crippen LogP contribution >= 0.6 is 0 Å².